The van der Waals surface area contributed by atoms with E-state index in [1.165, 1.54) is 19.3 Å². The molecule has 0 atom stereocenters. The Hall–Kier alpha value is -2.57. The fourth-order valence-electron chi connectivity index (χ4n) is 3.60. The fraction of sp³-hybridized carbons (Fsp3) is 0.609. The molecule has 0 spiro atoms. The molecule has 0 aliphatic heterocycles. The second-order valence-electron chi connectivity index (χ2n) is 7.99. The molecule has 2 rings (SSSR count). The Bertz CT molecular complexity index is 711. The molecule has 0 saturated heterocycles. The minimum Gasteiger partial charge on any atom is -0.357 e. The van der Waals surface area contributed by atoms with Gasteiger partial charge in [-0.2, -0.15) is 0 Å². The molecule has 1 fully saturated rings. The van der Waals surface area contributed by atoms with Gasteiger partial charge in [-0.3, -0.25) is 14.6 Å². The van der Waals surface area contributed by atoms with Gasteiger partial charge in [0.1, 0.15) is 0 Å². The average Bonchev–Trinajstić information content (AvgIpc) is 2.74. The number of hydrogen-bond acceptors (Lipinski definition) is 3. The number of carbonyl (C=O) groups excluding carboxylic acids is 2. The predicted octanol–water partition coefficient (Wildman–Crippen LogP) is 2.33. The third-order valence-electron chi connectivity index (χ3n) is 5.21. The maximum absolute atomic E-state index is 12.1. The third kappa shape index (κ3) is 8.43. The van der Waals surface area contributed by atoms with Gasteiger partial charge in [0.15, 0.2) is 5.96 Å². The lowest BCUT2D eigenvalue weighted by atomic mass is 9.95. The topological polar surface area (TPSA) is 85.8 Å². The van der Waals surface area contributed by atoms with Crippen LogP contribution in [0.15, 0.2) is 29.3 Å². The summed E-state index contributed by atoms with van der Waals surface area (Å²) in [6.07, 6.45) is 7.09. The monoisotopic (exact) mass is 415 g/mol. The highest BCUT2D eigenvalue weighted by molar-refractivity contribution is 5.94. The lowest BCUT2D eigenvalue weighted by Crippen LogP contribution is -2.39. The van der Waals surface area contributed by atoms with E-state index in [0.717, 1.165) is 31.4 Å². The molecule has 0 radical (unpaired) electrons. The highest BCUT2D eigenvalue weighted by Gasteiger charge is 2.15. The van der Waals surface area contributed by atoms with Crippen LogP contribution in [0.25, 0.3) is 0 Å². The van der Waals surface area contributed by atoms with Crippen LogP contribution in [0.3, 0.4) is 0 Å². The summed E-state index contributed by atoms with van der Waals surface area (Å²) in [4.78, 5) is 30.3. The van der Waals surface area contributed by atoms with E-state index < -0.39 is 0 Å². The lowest BCUT2D eigenvalue weighted by molar-refractivity contribution is -0.121. The van der Waals surface area contributed by atoms with E-state index in [1.807, 2.05) is 31.2 Å². The number of carbonyl (C=O) groups is 2. The van der Waals surface area contributed by atoms with Gasteiger partial charge in [0.05, 0.1) is 6.54 Å². The minimum absolute atomic E-state index is 0.00575. The van der Waals surface area contributed by atoms with Crippen LogP contribution in [-0.4, -0.2) is 62.4 Å². The summed E-state index contributed by atoms with van der Waals surface area (Å²) in [6.45, 7) is 3.93. The molecular formula is C23H37N5O2. The lowest BCUT2D eigenvalue weighted by Gasteiger charge is -2.22. The Morgan fingerprint density at radius 2 is 1.90 bits per heavy atom. The van der Waals surface area contributed by atoms with Crippen LogP contribution in [-0.2, 0) is 11.2 Å². The van der Waals surface area contributed by atoms with Gasteiger partial charge in [0.2, 0.25) is 5.91 Å². The smallest absolute Gasteiger partial charge is 0.253 e. The molecule has 166 valence electrons. The maximum atomic E-state index is 12.1. The first-order chi connectivity index (χ1) is 14.5. The Morgan fingerprint density at radius 1 is 1.13 bits per heavy atom. The van der Waals surface area contributed by atoms with Gasteiger partial charge in [0, 0.05) is 45.2 Å². The number of hydrogen-bond donors (Lipinski definition) is 3. The highest BCUT2D eigenvalue weighted by Crippen LogP contribution is 2.17. The number of nitrogens with zero attached hydrogens (tertiary/aromatic N) is 2. The van der Waals surface area contributed by atoms with Crippen molar-refractivity contribution in [1.82, 2.24) is 20.9 Å². The molecule has 1 aliphatic carbocycles. The van der Waals surface area contributed by atoms with E-state index in [1.54, 1.807) is 19.0 Å². The Morgan fingerprint density at radius 3 is 2.60 bits per heavy atom. The van der Waals surface area contributed by atoms with E-state index >= 15 is 0 Å². The number of amides is 2. The molecule has 0 unspecified atom stereocenters. The highest BCUT2D eigenvalue weighted by atomic mass is 16.2. The summed E-state index contributed by atoms with van der Waals surface area (Å²) >= 11 is 0. The van der Waals surface area contributed by atoms with Crippen molar-refractivity contribution in [3.63, 3.8) is 0 Å². The molecule has 7 heteroatoms. The molecule has 1 saturated carbocycles. The zero-order chi connectivity index (χ0) is 21.8. The molecule has 30 heavy (non-hydrogen) atoms. The van der Waals surface area contributed by atoms with E-state index in [0.29, 0.717) is 37.1 Å². The average molecular weight is 416 g/mol. The standard InChI is InChI=1S/C23H37N5O2/c1-4-24-23(26-16-14-21(29)27-20-11-6-5-7-12-20)25-15-13-18-9-8-10-19(17-18)22(30)28(2)3/h8-10,17,20H,4-7,11-16H2,1-3H3,(H,27,29)(H2,24,25,26). The van der Waals surface area contributed by atoms with E-state index in [4.69, 9.17) is 0 Å². The van der Waals surface area contributed by atoms with Crippen molar-refractivity contribution >= 4 is 17.8 Å². The van der Waals surface area contributed by atoms with Gasteiger partial charge in [-0.15, -0.1) is 0 Å². The van der Waals surface area contributed by atoms with Crippen LogP contribution in [0, 0.1) is 0 Å². The Balaban J connectivity index is 1.77. The second kappa shape index (κ2) is 12.9. The molecular weight excluding hydrogens is 378 g/mol. The van der Waals surface area contributed by atoms with Crippen molar-refractivity contribution in [1.29, 1.82) is 0 Å². The number of rotatable bonds is 9. The van der Waals surface area contributed by atoms with Crippen LogP contribution >= 0.6 is 0 Å². The third-order valence-corrected chi connectivity index (χ3v) is 5.21. The summed E-state index contributed by atoms with van der Waals surface area (Å²) in [6, 6.07) is 8.05. The SMILES string of the molecule is CCNC(=NCCC(=O)NC1CCCCC1)NCCc1cccc(C(=O)N(C)C)c1. The molecule has 1 aromatic carbocycles. The molecule has 0 aromatic heterocycles. The van der Waals surface area contributed by atoms with Gasteiger partial charge in [0.25, 0.3) is 5.91 Å². The second-order valence-corrected chi connectivity index (χ2v) is 7.99. The van der Waals surface area contributed by atoms with Crippen molar-refractivity contribution in [2.24, 2.45) is 4.99 Å². The molecule has 2 amide bonds. The number of guanidine groups is 1. The van der Waals surface area contributed by atoms with Crippen molar-refractivity contribution in [3.05, 3.63) is 35.4 Å². The predicted molar refractivity (Wildman–Crippen MR) is 122 cm³/mol. The molecule has 0 heterocycles. The molecule has 0 bridgehead atoms. The number of nitrogens with one attached hydrogen (secondary N) is 3. The minimum atomic E-state index is 0.00575. The summed E-state index contributed by atoms with van der Waals surface area (Å²) in [5.41, 5.74) is 1.79. The van der Waals surface area contributed by atoms with Crippen molar-refractivity contribution < 1.29 is 9.59 Å². The van der Waals surface area contributed by atoms with Crippen LogP contribution in [0.4, 0.5) is 0 Å². The summed E-state index contributed by atoms with van der Waals surface area (Å²) < 4.78 is 0. The normalized spacial score (nSPS) is 14.8. The van der Waals surface area contributed by atoms with Gasteiger partial charge in [-0.05, 0) is 43.9 Å². The van der Waals surface area contributed by atoms with Crippen LogP contribution in [0.5, 0.6) is 0 Å². The quantitative estimate of drug-likeness (QED) is 0.427. The molecule has 3 N–H and O–H groups in total. The van der Waals surface area contributed by atoms with Gasteiger partial charge >= 0.3 is 0 Å². The van der Waals surface area contributed by atoms with Crippen LogP contribution in [0.1, 0.15) is 61.4 Å². The number of aliphatic imine (C=N–C) groups is 1. The fourth-order valence-corrected chi connectivity index (χ4v) is 3.60. The first-order valence-corrected chi connectivity index (χ1v) is 11.1. The first-order valence-electron chi connectivity index (χ1n) is 11.1. The van der Waals surface area contributed by atoms with Gasteiger partial charge < -0.3 is 20.9 Å². The summed E-state index contributed by atoms with van der Waals surface area (Å²) in [5.74, 6) is 0.804. The van der Waals surface area contributed by atoms with E-state index in [9.17, 15) is 9.59 Å². The largest absolute Gasteiger partial charge is 0.357 e. The Labute approximate surface area is 180 Å². The zero-order valence-corrected chi connectivity index (χ0v) is 18.7. The van der Waals surface area contributed by atoms with Crippen molar-refractivity contribution in [3.8, 4) is 0 Å². The first kappa shape index (κ1) is 23.7. The molecule has 1 aliphatic rings. The zero-order valence-electron chi connectivity index (χ0n) is 18.7. The van der Waals surface area contributed by atoms with E-state index in [-0.39, 0.29) is 11.8 Å². The summed E-state index contributed by atoms with van der Waals surface area (Å²) in [5, 5.41) is 9.65. The van der Waals surface area contributed by atoms with Gasteiger partial charge in [-0.25, -0.2) is 0 Å². The van der Waals surface area contributed by atoms with Crippen molar-refractivity contribution in [2.45, 2.75) is 57.9 Å². The Kier molecular flexibility index (Phi) is 10.2. The molecule has 7 nitrogen and oxygen atoms in total. The maximum Gasteiger partial charge on any atom is 0.253 e. The number of benzene rings is 1. The van der Waals surface area contributed by atoms with Crippen molar-refractivity contribution in [2.75, 3.05) is 33.7 Å². The van der Waals surface area contributed by atoms with Gasteiger partial charge in [-0.1, -0.05) is 31.4 Å². The van der Waals surface area contributed by atoms with E-state index in [2.05, 4.69) is 20.9 Å². The molecule has 1 aromatic rings. The van der Waals surface area contributed by atoms with Crippen LogP contribution in [0.2, 0.25) is 0 Å². The summed E-state index contributed by atoms with van der Waals surface area (Å²) in [7, 11) is 3.51. The van der Waals surface area contributed by atoms with Crippen LogP contribution < -0.4 is 16.0 Å².